The minimum Gasteiger partial charge on any atom is -0.287 e. The van der Waals surface area contributed by atoms with Crippen LogP contribution in [0.25, 0.3) is 5.69 Å². The Bertz CT molecular complexity index is 962. The fourth-order valence-electron chi connectivity index (χ4n) is 2.24. The van der Waals surface area contributed by atoms with E-state index in [1.807, 2.05) is 0 Å². The average Bonchev–Trinajstić information content (AvgIpc) is 2.62. The summed E-state index contributed by atoms with van der Waals surface area (Å²) in [6, 6.07) is 13.6. The second kappa shape index (κ2) is 6.35. The van der Waals surface area contributed by atoms with Crippen LogP contribution in [0.15, 0.2) is 71.7 Å². The zero-order valence-electron chi connectivity index (χ0n) is 12.7. The van der Waals surface area contributed by atoms with Crippen LogP contribution in [0.2, 0.25) is 0 Å². The first kappa shape index (κ1) is 16.6. The van der Waals surface area contributed by atoms with E-state index in [4.69, 9.17) is 0 Å². The van der Waals surface area contributed by atoms with E-state index in [9.17, 15) is 22.8 Å². The van der Waals surface area contributed by atoms with Gasteiger partial charge in [0.25, 0.3) is 0 Å². The SMILES string of the molecule is O=C(c1ccccc1)c1nn(-c2ccc(C(F)(F)F)cc2)ccc1=O. The van der Waals surface area contributed by atoms with E-state index in [0.717, 1.165) is 18.2 Å². The van der Waals surface area contributed by atoms with Crippen LogP contribution in [0.3, 0.4) is 0 Å². The highest BCUT2D eigenvalue weighted by Gasteiger charge is 2.30. The predicted molar refractivity (Wildman–Crippen MR) is 84.7 cm³/mol. The van der Waals surface area contributed by atoms with E-state index in [0.29, 0.717) is 11.3 Å². The van der Waals surface area contributed by atoms with Gasteiger partial charge in [-0.1, -0.05) is 30.3 Å². The molecule has 0 radical (unpaired) electrons. The summed E-state index contributed by atoms with van der Waals surface area (Å²) in [5.74, 6) is -0.549. The Balaban J connectivity index is 2.00. The van der Waals surface area contributed by atoms with E-state index >= 15 is 0 Å². The number of halogens is 3. The Kier molecular flexibility index (Phi) is 4.22. The molecule has 0 aliphatic rings. The minimum atomic E-state index is -4.44. The fraction of sp³-hybridized carbons (Fsp3) is 0.0556. The molecule has 126 valence electrons. The Labute approximate surface area is 140 Å². The standard InChI is InChI=1S/C18H11F3N2O2/c19-18(20,21)13-6-8-14(9-7-13)23-11-10-15(24)16(22-23)17(25)12-4-2-1-3-5-12/h1-11H. The number of rotatable bonds is 3. The van der Waals surface area contributed by atoms with Crippen molar-refractivity contribution in [3.8, 4) is 5.69 Å². The number of carbonyl (C=O) groups excluding carboxylic acids is 1. The van der Waals surface area contributed by atoms with Gasteiger partial charge in [0.05, 0.1) is 11.3 Å². The highest BCUT2D eigenvalue weighted by atomic mass is 19.4. The second-order valence-electron chi connectivity index (χ2n) is 5.21. The molecule has 0 aliphatic carbocycles. The third kappa shape index (κ3) is 3.50. The van der Waals surface area contributed by atoms with Crippen molar-refractivity contribution >= 4 is 5.78 Å². The van der Waals surface area contributed by atoms with Crippen LogP contribution in [0, 0.1) is 0 Å². The van der Waals surface area contributed by atoms with E-state index in [-0.39, 0.29) is 5.69 Å². The van der Waals surface area contributed by atoms with Crippen LogP contribution < -0.4 is 5.43 Å². The number of benzene rings is 2. The predicted octanol–water partition coefficient (Wildman–Crippen LogP) is 3.48. The molecule has 0 saturated heterocycles. The van der Waals surface area contributed by atoms with Gasteiger partial charge in [0.2, 0.25) is 11.2 Å². The van der Waals surface area contributed by atoms with E-state index in [2.05, 4.69) is 5.10 Å². The Morgan fingerprint density at radius 3 is 2.16 bits per heavy atom. The normalized spacial score (nSPS) is 11.3. The van der Waals surface area contributed by atoms with E-state index in [1.165, 1.54) is 23.0 Å². The number of aromatic nitrogens is 2. The van der Waals surface area contributed by atoms with E-state index < -0.39 is 23.0 Å². The van der Waals surface area contributed by atoms with Gasteiger partial charge in [0.1, 0.15) is 0 Å². The first-order valence-electron chi connectivity index (χ1n) is 7.23. The van der Waals surface area contributed by atoms with Crippen LogP contribution in [0.1, 0.15) is 21.6 Å². The molecule has 1 heterocycles. The molecule has 1 aromatic heterocycles. The summed E-state index contributed by atoms with van der Waals surface area (Å²) in [6.45, 7) is 0. The van der Waals surface area contributed by atoms with Crippen molar-refractivity contribution in [3.63, 3.8) is 0 Å². The third-order valence-electron chi connectivity index (χ3n) is 3.52. The summed E-state index contributed by atoms with van der Waals surface area (Å²) in [5, 5.41) is 3.98. The van der Waals surface area contributed by atoms with Crippen molar-refractivity contribution < 1.29 is 18.0 Å². The number of ketones is 1. The molecule has 0 amide bonds. The van der Waals surface area contributed by atoms with Gasteiger partial charge in [-0.05, 0) is 24.3 Å². The van der Waals surface area contributed by atoms with Crippen LogP contribution in [0.4, 0.5) is 13.2 Å². The smallest absolute Gasteiger partial charge is 0.287 e. The molecule has 0 unspecified atom stereocenters. The average molecular weight is 344 g/mol. The lowest BCUT2D eigenvalue weighted by molar-refractivity contribution is -0.137. The fourth-order valence-corrected chi connectivity index (χ4v) is 2.24. The van der Waals surface area contributed by atoms with Crippen molar-refractivity contribution in [2.24, 2.45) is 0 Å². The quantitative estimate of drug-likeness (QED) is 0.684. The molecule has 0 N–H and O–H groups in total. The van der Waals surface area contributed by atoms with Gasteiger partial charge in [0.15, 0.2) is 5.69 Å². The van der Waals surface area contributed by atoms with Crippen molar-refractivity contribution in [2.75, 3.05) is 0 Å². The molecule has 25 heavy (non-hydrogen) atoms. The van der Waals surface area contributed by atoms with Crippen LogP contribution in [-0.2, 0) is 6.18 Å². The lowest BCUT2D eigenvalue weighted by atomic mass is 10.1. The zero-order chi connectivity index (χ0) is 18.0. The Hall–Kier alpha value is -3.22. The van der Waals surface area contributed by atoms with Gasteiger partial charge in [-0.2, -0.15) is 18.3 Å². The Morgan fingerprint density at radius 1 is 0.920 bits per heavy atom. The highest BCUT2D eigenvalue weighted by Crippen LogP contribution is 2.29. The highest BCUT2D eigenvalue weighted by molar-refractivity contribution is 6.07. The molecule has 0 atom stereocenters. The number of alkyl halides is 3. The van der Waals surface area contributed by atoms with Crippen LogP contribution in [0.5, 0.6) is 0 Å². The number of nitrogens with zero attached hydrogens (tertiary/aromatic N) is 2. The first-order valence-corrected chi connectivity index (χ1v) is 7.23. The van der Waals surface area contributed by atoms with Gasteiger partial charge in [-0.3, -0.25) is 9.59 Å². The van der Waals surface area contributed by atoms with Gasteiger partial charge in [0, 0.05) is 17.8 Å². The molecule has 0 fully saturated rings. The van der Waals surface area contributed by atoms with Crippen LogP contribution >= 0.6 is 0 Å². The summed E-state index contributed by atoms with van der Waals surface area (Å²) in [7, 11) is 0. The summed E-state index contributed by atoms with van der Waals surface area (Å²) in [5.41, 5.74) is -1.05. The topological polar surface area (TPSA) is 52.0 Å². The zero-order valence-corrected chi connectivity index (χ0v) is 12.7. The van der Waals surface area contributed by atoms with Gasteiger partial charge in [-0.15, -0.1) is 0 Å². The van der Waals surface area contributed by atoms with Crippen molar-refractivity contribution in [1.82, 2.24) is 9.78 Å². The van der Waals surface area contributed by atoms with Crippen LogP contribution in [-0.4, -0.2) is 15.6 Å². The molecule has 3 rings (SSSR count). The summed E-state index contributed by atoms with van der Waals surface area (Å²) in [4.78, 5) is 24.4. The summed E-state index contributed by atoms with van der Waals surface area (Å²) in [6.07, 6.45) is -3.14. The first-order chi connectivity index (χ1) is 11.9. The maximum absolute atomic E-state index is 12.6. The molecular formula is C18H11F3N2O2. The maximum Gasteiger partial charge on any atom is 0.416 e. The van der Waals surface area contributed by atoms with Gasteiger partial charge < -0.3 is 0 Å². The molecule has 4 nitrogen and oxygen atoms in total. The maximum atomic E-state index is 12.6. The van der Waals surface area contributed by atoms with Gasteiger partial charge >= 0.3 is 6.18 Å². The monoisotopic (exact) mass is 344 g/mol. The van der Waals surface area contributed by atoms with E-state index in [1.54, 1.807) is 30.3 Å². The lowest BCUT2D eigenvalue weighted by Crippen LogP contribution is -2.21. The second-order valence-corrected chi connectivity index (χ2v) is 5.21. The molecule has 3 aromatic rings. The largest absolute Gasteiger partial charge is 0.416 e. The number of hydrogen-bond acceptors (Lipinski definition) is 3. The third-order valence-corrected chi connectivity index (χ3v) is 3.52. The molecule has 0 spiro atoms. The molecule has 7 heteroatoms. The molecule has 0 aliphatic heterocycles. The lowest BCUT2D eigenvalue weighted by Gasteiger charge is -2.10. The molecule has 0 saturated carbocycles. The molecular weight excluding hydrogens is 333 g/mol. The minimum absolute atomic E-state index is 0.298. The van der Waals surface area contributed by atoms with Crippen molar-refractivity contribution in [2.45, 2.75) is 6.18 Å². The summed E-state index contributed by atoms with van der Waals surface area (Å²) < 4.78 is 39.1. The number of hydrogen-bond donors (Lipinski definition) is 0. The molecule has 2 aromatic carbocycles. The van der Waals surface area contributed by atoms with Crippen molar-refractivity contribution in [3.05, 3.63) is 93.9 Å². The van der Waals surface area contributed by atoms with Gasteiger partial charge in [-0.25, -0.2) is 4.68 Å². The van der Waals surface area contributed by atoms with Crippen molar-refractivity contribution in [1.29, 1.82) is 0 Å². The number of carbonyl (C=O) groups is 1. The summed E-state index contributed by atoms with van der Waals surface area (Å²) >= 11 is 0. The Morgan fingerprint density at radius 2 is 1.56 bits per heavy atom. The molecule has 0 bridgehead atoms.